The number of rotatable bonds is 3. The van der Waals surface area contributed by atoms with Gasteiger partial charge in [-0.2, -0.15) is 0 Å². The van der Waals surface area contributed by atoms with E-state index in [0.717, 1.165) is 0 Å². The van der Waals surface area contributed by atoms with Gasteiger partial charge in [0.05, 0.1) is 18.6 Å². The molecule has 0 aliphatic rings. The van der Waals surface area contributed by atoms with Gasteiger partial charge in [-0.25, -0.2) is 9.78 Å². The molecule has 1 aromatic carbocycles. The second-order valence-electron chi connectivity index (χ2n) is 4.10. The summed E-state index contributed by atoms with van der Waals surface area (Å²) in [6.45, 7) is 2.31. The van der Waals surface area contributed by atoms with Crippen LogP contribution in [0.15, 0.2) is 40.2 Å². The van der Waals surface area contributed by atoms with Crippen LogP contribution in [0.2, 0.25) is 0 Å². The van der Waals surface area contributed by atoms with Crippen LogP contribution < -0.4 is 16.0 Å². The molecule has 0 bridgehead atoms. The van der Waals surface area contributed by atoms with Gasteiger partial charge < -0.3 is 9.72 Å². The van der Waals surface area contributed by atoms with Crippen LogP contribution in [0.1, 0.15) is 6.92 Å². The van der Waals surface area contributed by atoms with E-state index in [9.17, 15) is 9.59 Å². The van der Waals surface area contributed by atoms with E-state index < -0.39 is 5.69 Å². The van der Waals surface area contributed by atoms with Crippen molar-refractivity contribution in [2.24, 2.45) is 0 Å². The molecular weight excluding hydrogens is 260 g/mol. The van der Waals surface area contributed by atoms with E-state index in [1.807, 2.05) is 6.92 Å². The lowest BCUT2D eigenvalue weighted by atomic mass is 10.3. The SMILES string of the molecule is CCOc1ccccc1-n1c(=O)[nH]c2nc[nH]c(=O)c21. The minimum absolute atomic E-state index is 0.171. The first kappa shape index (κ1) is 12.2. The quantitative estimate of drug-likeness (QED) is 0.737. The fraction of sp³-hybridized carbons (Fsp3) is 0.154. The number of hydrogen-bond donors (Lipinski definition) is 2. The van der Waals surface area contributed by atoms with Crippen molar-refractivity contribution < 1.29 is 4.74 Å². The summed E-state index contributed by atoms with van der Waals surface area (Å²) < 4.78 is 6.77. The molecule has 7 heteroatoms. The molecule has 7 nitrogen and oxygen atoms in total. The molecule has 0 aliphatic carbocycles. The number of aromatic amines is 2. The molecule has 0 amide bonds. The van der Waals surface area contributed by atoms with Crippen LogP contribution in [0.3, 0.4) is 0 Å². The van der Waals surface area contributed by atoms with Gasteiger partial charge in [-0.1, -0.05) is 12.1 Å². The van der Waals surface area contributed by atoms with E-state index in [2.05, 4.69) is 15.0 Å². The largest absolute Gasteiger partial charge is 0.492 e. The van der Waals surface area contributed by atoms with E-state index in [4.69, 9.17) is 4.74 Å². The molecular formula is C13H12N4O3. The molecule has 3 aromatic rings. The Hall–Kier alpha value is -2.83. The lowest BCUT2D eigenvalue weighted by molar-refractivity contribution is 0.339. The molecule has 0 unspecified atom stereocenters. The minimum atomic E-state index is -0.434. The standard InChI is InChI=1S/C13H12N4O3/c1-2-20-9-6-4-3-5-8(9)17-10-11(16-13(17)19)14-7-15-12(10)18/h3-7H,2H2,1H3,(H2,14,15,16,18,19). The lowest BCUT2D eigenvalue weighted by Gasteiger charge is -2.10. The normalized spacial score (nSPS) is 10.8. The predicted molar refractivity (Wildman–Crippen MR) is 73.5 cm³/mol. The number of fused-ring (bicyclic) bond motifs is 1. The van der Waals surface area contributed by atoms with Gasteiger partial charge in [0.1, 0.15) is 5.75 Å². The van der Waals surface area contributed by atoms with Crippen LogP contribution in [-0.4, -0.2) is 26.1 Å². The first-order chi connectivity index (χ1) is 9.72. The molecule has 0 aliphatic heterocycles. The van der Waals surface area contributed by atoms with Crippen LogP contribution in [0.5, 0.6) is 5.75 Å². The van der Waals surface area contributed by atoms with Gasteiger partial charge in [0, 0.05) is 0 Å². The van der Waals surface area contributed by atoms with Crippen molar-refractivity contribution in [2.45, 2.75) is 6.92 Å². The molecule has 0 radical (unpaired) electrons. The third-order valence-electron chi connectivity index (χ3n) is 2.89. The minimum Gasteiger partial charge on any atom is -0.492 e. The van der Waals surface area contributed by atoms with E-state index in [1.165, 1.54) is 10.9 Å². The van der Waals surface area contributed by atoms with Crippen molar-refractivity contribution in [1.29, 1.82) is 0 Å². The topological polar surface area (TPSA) is 92.8 Å². The van der Waals surface area contributed by atoms with Crippen molar-refractivity contribution in [1.82, 2.24) is 19.5 Å². The Morgan fingerprint density at radius 1 is 1.30 bits per heavy atom. The number of nitrogens with one attached hydrogen (secondary N) is 2. The Morgan fingerprint density at radius 2 is 2.10 bits per heavy atom. The number of para-hydroxylation sites is 2. The molecule has 2 N–H and O–H groups in total. The van der Waals surface area contributed by atoms with E-state index in [0.29, 0.717) is 18.0 Å². The molecule has 2 heterocycles. The van der Waals surface area contributed by atoms with Crippen molar-refractivity contribution >= 4 is 11.2 Å². The molecule has 0 saturated heterocycles. The fourth-order valence-corrected chi connectivity index (χ4v) is 2.10. The number of H-pyrrole nitrogens is 2. The zero-order valence-electron chi connectivity index (χ0n) is 10.7. The number of hydrogen-bond acceptors (Lipinski definition) is 4. The van der Waals surface area contributed by atoms with E-state index >= 15 is 0 Å². The van der Waals surface area contributed by atoms with Gasteiger partial charge in [0.25, 0.3) is 5.56 Å². The molecule has 0 saturated carbocycles. The first-order valence-corrected chi connectivity index (χ1v) is 6.13. The predicted octanol–water partition coefficient (Wildman–Crippen LogP) is 0.801. The Balaban J connectivity index is 2.39. The van der Waals surface area contributed by atoms with Gasteiger partial charge in [-0.3, -0.25) is 14.3 Å². The summed E-state index contributed by atoms with van der Waals surface area (Å²) in [4.78, 5) is 33.0. The van der Waals surface area contributed by atoms with Crippen LogP contribution in [-0.2, 0) is 0 Å². The summed E-state index contributed by atoms with van der Waals surface area (Å²) in [5, 5.41) is 0. The average Bonchev–Trinajstić information content (AvgIpc) is 2.77. The number of benzene rings is 1. The Kier molecular flexibility index (Phi) is 2.86. The Morgan fingerprint density at radius 3 is 2.90 bits per heavy atom. The van der Waals surface area contributed by atoms with Gasteiger partial charge in [-0.05, 0) is 19.1 Å². The Bertz CT molecular complexity index is 875. The molecule has 0 fully saturated rings. The number of aromatic nitrogens is 4. The second-order valence-corrected chi connectivity index (χ2v) is 4.10. The van der Waals surface area contributed by atoms with Gasteiger partial charge in [-0.15, -0.1) is 0 Å². The smallest absolute Gasteiger partial charge is 0.332 e. The van der Waals surface area contributed by atoms with Crippen molar-refractivity contribution in [2.75, 3.05) is 6.61 Å². The van der Waals surface area contributed by atoms with Crippen LogP contribution in [0, 0.1) is 0 Å². The number of imidazole rings is 1. The third-order valence-corrected chi connectivity index (χ3v) is 2.89. The summed E-state index contributed by atoms with van der Waals surface area (Å²) >= 11 is 0. The highest BCUT2D eigenvalue weighted by Gasteiger charge is 2.15. The maximum Gasteiger partial charge on any atom is 0.332 e. The van der Waals surface area contributed by atoms with Crippen LogP contribution in [0.4, 0.5) is 0 Å². The monoisotopic (exact) mass is 272 g/mol. The van der Waals surface area contributed by atoms with Gasteiger partial charge >= 0.3 is 5.69 Å². The molecule has 3 rings (SSSR count). The summed E-state index contributed by atoms with van der Waals surface area (Å²) in [6.07, 6.45) is 1.25. The first-order valence-electron chi connectivity index (χ1n) is 6.13. The second kappa shape index (κ2) is 4.69. The van der Waals surface area contributed by atoms with Crippen LogP contribution >= 0.6 is 0 Å². The zero-order chi connectivity index (χ0) is 14.1. The van der Waals surface area contributed by atoms with Crippen molar-refractivity contribution in [3.63, 3.8) is 0 Å². The number of ether oxygens (including phenoxy) is 1. The van der Waals surface area contributed by atoms with Crippen LogP contribution in [0.25, 0.3) is 16.9 Å². The molecule has 102 valence electrons. The van der Waals surface area contributed by atoms with E-state index in [-0.39, 0.29) is 16.7 Å². The van der Waals surface area contributed by atoms with E-state index in [1.54, 1.807) is 24.3 Å². The highest BCUT2D eigenvalue weighted by atomic mass is 16.5. The van der Waals surface area contributed by atoms with Crippen molar-refractivity contribution in [3.8, 4) is 11.4 Å². The summed E-state index contributed by atoms with van der Waals surface area (Å²) in [6, 6.07) is 7.03. The summed E-state index contributed by atoms with van der Waals surface area (Å²) in [5.41, 5.74) is 0.0924. The molecule has 20 heavy (non-hydrogen) atoms. The maximum absolute atomic E-state index is 12.1. The highest BCUT2D eigenvalue weighted by Crippen LogP contribution is 2.22. The van der Waals surface area contributed by atoms with Gasteiger partial charge in [0.15, 0.2) is 11.2 Å². The summed E-state index contributed by atoms with van der Waals surface area (Å²) in [5.74, 6) is 0.529. The third kappa shape index (κ3) is 1.80. The molecule has 0 atom stereocenters. The zero-order valence-corrected chi connectivity index (χ0v) is 10.7. The molecule has 0 spiro atoms. The maximum atomic E-state index is 12.1. The number of nitrogens with zero attached hydrogens (tertiary/aromatic N) is 2. The van der Waals surface area contributed by atoms with Crippen molar-refractivity contribution in [3.05, 3.63) is 51.4 Å². The average molecular weight is 272 g/mol. The molecule has 2 aromatic heterocycles. The van der Waals surface area contributed by atoms with Gasteiger partial charge in [0.2, 0.25) is 0 Å². The highest BCUT2D eigenvalue weighted by molar-refractivity contribution is 5.72. The Labute approximate surface area is 112 Å². The lowest BCUT2D eigenvalue weighted by Crippen LogP contribution is -2.19. The summed E-state index contributed by atoms with van der Waals surface area (Å²) in [7, 11) is 0. The fourth-order valence-electron chi connectivity index (χ4n) is 2.10.